The van der Waals surface area contributed by atoms with Gasteiger partial charge in [-0.3, -0.25) is 4.99 Å². The van der Waals surface area contributed by atoms with Gasteiger partial charge in [0.2, 0.25) is 0 Å². The molecule has 1 heterocycles. The minimum Gasteiger partial charge on any atom is -0.367 e. The number of benzene rings is 1. The number of guanidine groups is 1. The van der Waals surface area contributed by atoms with Crippen molar-refractivity contribution in [1.29, 1.82) is 0 Å². The van der Waals surface area contributed by atoms with E-state index in [1.165, 1.54) is 25.0 Å². The first kappa shape index (κ1) is 18.4. The molecule has 4 nitrogen and oxygen atoms in total. The molecule has 1 N–H and O–H groups in total. The maximum atomic E-state index is 13.1. The van der Waals surface area contributed by atoms with Crippen molar-refractivity contribution in [3.8, 4) is 0 Å². The number of morpholine rings is 1. The number of hydrogen-bond donors (Lipinski definition) is 1. The van der Waals surface area contributed by atoms with Crippen molar-refractivity contribution in [1.82, 2.24) is 10.2 Å². The molecule has 1 aromatic carbocycles. The van der Waals surface area contributed by atoms with E-state index in [0.717, 1.165) is 37.1 Å². The Morgan fingerprint density at radius 3 is 2.61 bits per heavy atom. The highest BCUT2D eigenvalue weighted by Gasteiger charge is 2.29. The standard InChI is InChI=1S/C17H24FN3O.HI/c1-12-10-21(17(19-2)20-9-13-3-4-13)11-16(22-12)14-5-7-15(18)8-6-14;/h5-8,12-13,16H,3-4,9-11H2,1-2H3,(H,19,20);1H. The lowest BCUT2D eigenvalue weighted by Gasteiger charge is -2.38. The van der Waals surface area contributed by atoms with Gasteiger partial charge in [0.1, 0.15) is 11.9 Å². The van der Waals surface area contributed by atoms with E-state index in [4.69, 9.17) is 4.74 Å². The molecular weight excluding hydrogens is 408 g/mol. The van der Waals surface area contributed by atoms with Crippen LogP contribution in [-0.4, -0.2) is 43.6 Å². The minimum atomic E-state index is -0.216. The molecule has 0 bridgehead atoms. The fraction of sp³-hybridized carbons (Fsp3) is 0.588. The van der Waals surface area contributed by atoms with E-state index in [1.54, 1.807) is 12.1 Å². The SMILES string of the molecule is CN=C(NCC1CC1)N1CC(C)OC(c2ccc(F)cc2)C1.I. The van der Waals surface area contributed by atoms with Gasteiger partial charge in [-0.15, -0.1) is 24.0 Å². The molecule has 2 fully saturated rings. The molecule has 6 heteroatoms. The van der Waals surface area contributed by atoms with Gasteiger partial charge in [-0.05, 0) is 43.4 Å². The molecule has 2 unspecified atom stereocenters. The Morgan fingerprint density at radius 2 is 2.00 bits per heavy atom. The van der Waals surface area contributed by atoms with Gasteiger partial charge in [-0.1, -0.05) is 12.1 Å². The number of nitrogens with zero attached hydrogens (tertiary/aromatic N) is 2. The smallest absolute Gasteiger partial charge is 0.193 e. The predicted octanol–water partition coefficient (Wildman–Crippen LogP) is 3.19. The molecule has 2 aliphatic rings. The zero-order valence-corrected chi connectivity index (χ0v) is 16.0. The minimum absolute atomic E-state index is 0. The lowest BCUT2D eigenvalue weighted by atomic mass is 10.1. The Balaban J connectivity index is 0.00000192. The Kier molecular flexibility index (Phi) is 6.64. The molecular formula is C17H25FIN3O. The second-order valence-corrected chi connectivity index (χ2v) is 6.26. The highest BCUT2D eigenvalue weighted by molar-refractivity contribution is 14.0. The van der Waals surface area contributed by atoms with E-state index in [9.17, 15) is 4.39 Å². The van der Waals surface area contributed by atoms with Crippen LogP contribution in [-0.2, 0) is 4.74 Å². The lowest BCUT2D eigenvalue weighted by Crippen LogP contribution is -2.51. The third kappa shape index (κ3) is 5.04. The second kappa shape index (κ2) is 8.28. The van der Waals surface area contributed by atoms with Crippen LogP contribution in [0.5, 0.6) is 0 Å². The normalized spacial score (nSPS) is 25.0. The summed E-state index contributed by atoms with van der Waals surface area (Å²) in [5, 5.41) is 3.46. The molecule has 0 radical (unpaired) electrons. The average Bonchev–Trinajstić information content (AvgIpc) is 3.32. The van der Waals surface area contributed by atoms with Crippen LogP contribution in [0.3, 0.4) is 0 Å². The zero-order chi connectivity index (χ0) is 15.5. The van der Waals surface area contributed by atoms with Crippen molar-refractivity contribution >= 4 is 29.9 Å². The largest absolute Gasteiger partial charge is 0.367 e. The first-order valence-electron chi connectivity index (χ1n) is 8.02. The topological polar surface area (TPSA) is 36.9 Å². The van der Waals surface area contributed by atoms with Gasteiger partial charge >= 0.3 is 0 Å². The number of rotatable bonds is 3. The maximum absolute atomic E-state index is 13.1. The van der Waals surface area contributed by atoms with Gasteiger partial charge in [-0.25, -0.2) is 4.39 Å². The third-order valence-corrected chi connectivity index (χ3v) is 4.26. The summed E-state index contributed by atoms with van der Waals surface area (Å²) in [6, 6.07) is 6.58. The summed E-state index contributed by atoms with van der Waals surface area (Å²) in [6.45, 7) is 4.62. The van der Waals surface area contributed by atoms with Crippen LogP contribution in [0.4, 0.5) is 4.39 Å². The van der Waals surface area contributed by atoms with Crippen molar-refractivity contribution in [3.63, 3.8) is 0 Å². The molecule has 0 spiro atoms. The number of nitrogens with one attached hydrogen (secondary N) is 1. The van der Waals surface area contributed by atoms with Crippen LogP contribution < -0.4 is 5.32 Å². The summed E-state index contributed by atoms with van der Waals surface area (Å²) in [7, 11) is 1.82. The van der Waals surface area contributed by atoms with Crippen molar-refractivity contribution in [3.05, 3.63) is 35.6 Å². The van der Waals surface area contributed by atoms with Crippen molar-refractivity contribution < 1.29 is 9.13 Å². The summed E-state index contributed by atoms with van der Waals surface area (Å²) in [6.07, 6.45) is 2.70. The number of aliphatic imine (C=N–C) groups is 1. The highest BCUT2D eigenvalue weighted by Crippen LogP contribution is 2.28. The van der Waals surface area contributed by atoms with Crippen LogP contribution in [0.25, 0.3) is 0 Å². The molecule has 3 rings (SSSR count). The van der Waals surface area contributed by atoms with Gasteiger partial charge in [0.25, 0.3) is 0 Å². The van der Waals surface area contributed by atoms with Crippen LogP contribution in [0.2, 0.25) is 0 Å². The van der Waals surface area contributed by atoms with E-state index in [2.05, 4.69) is 22.1 Å². The van der Waals surface area contributed by atoms with E-state index in [0.29, 0.717) is 0 Å². The van der Waals surface area contributed by atoms with E-state index in [1.807, 2.05) is 7.05 Å². The molecule has 0 aromatic heterocycles. The van der Waals surface area contributed by atoms with Gasteiger partial charge in [-0.2, -0.15) is 0 Å². The van der Waals surface area contributed by atoms with Crippen LogP contribution >= 0.6 is 24.0 Å². The van der Waals surface area contributed by atoms with E-state index >= 15 is 0 Å². The zero-order valence-electron chi connectivity index (χ0n) is 13.7. The maximum Gasteiger partial charge on any atom is 0.193 e. The Morgan fingerprint density at radius 1 is 1.30 bits per heavy atom. The fourth-order valence-corrected chi connectivity index (χ4v) is 2.88. The lowest BCUT2D eigenvalue weighted by molar-refractivity contribution is -0.0605. The summed E-state index contributed by atoms with van der Waals surface area (Å²) in [5.74, 6) is 1.53. The molecule has 1 saturated heterocycles. The van der Waals surface area contributed by atoms with Gasteiger partial charge < -0.3 is 15.0 Å². The summed E-state index contributed by atoms with van der Waals surface area (Å²) in [5.41, 5.74) is 1.01. The quantitative estimate of drug-likeness (QED) is 0.452. The van der Waals surface area contributed by atoms with Gasteiger partial charge in [0.15, 0.2) is 5.96 Å². The van der Waals surface area contributed by atoms with Crippen LogP contribution in [0, 0.1) is 11.7 Å². The number of hydrogen-bond acceptors (Lipinski definition) is 2. The molecule has 2 atom stereocenters. The Bertz CT molecular complexity index is 533. The molecule has 23 heavy (non-hydrogen) atoms. The molecule has 1 aliphatic carbocycles. The van der Waals surface area contributed by atoms with Crippen molar-refractivity contribution in [2.24, 2.45) is 10.9 Å². The summed E-state index contributed by atoms with van der Waals surface area (Å²) < 4.78 is 19.1. The molecule has 1 aromatic rings. The molecule has 128 valence electrons. The molecule has 1 aliphatic heterocycles. The average molecular weight is 433 g/mol. The van der Waals surface area contributed by atoms with Gasteiger partial charge in [0.05, 0.1) is 12.6 Å². The highest BCUT2D eigenvalue weighted by atomic mass is 127. The van der Waals surface area contributed by atoms with E-state index < -0.39 is 0 Å². The predicted molar refractivity (Wildman–Crippen MR) is 101 cm³/mol. The molecule has 0 amide bonds. The number of ether oxygens (including phenoxy) is 1. The monoisotopic (exact) mass is 433 g/mol. The summed E-state index contributed by atoms with van der Waals surface area (Å²) in [4.78, 5) is 6.64. The summed E-state index contributed by atoms with van der Waals surface area (Å²) >= 11 is 0. The Labute approximate surface area is 154 Å². The van der Waals surface area contributed by atoms with Crippen molar-refractivity contribution in [2.45, 2.75) is 32.0 Å². The van der Waals surface area contributed by atoms with Crippen LogP contribution in [0.1, 0.15) is 31.4 Å². The second-order valence-electron chi connectivity index (χ2n) is 6.26. The van der Waals surface area contributed by atoms with E-state index in [-0.39, 0.29) is 42.0 Å². The first-order valence-corrected chi connectivity index (χ1v) is 8.02. The third-order valence-electron chi connectivity index (χ3n) is 4.26. The fourth-order valence-electron chi connectivity index (χ4n) is 2.88. The van der Waals surface area contributed by atoms with Crippen LogP contribution in [0.15, 0.2) is 29.3 Å². The van der Waals surface area contributed by atoms with Crippen molar-refractivity contribution in [2.75, 3.05) is 26.7 Å². The first-order chi connectivity index (χ1) is 10.7. The Hall–Kier alpha value is -0.890. The van der Waals surface area contributed by atoms with Gasteiger partial charge in [0, 0.05) is 20.1 Å². The molecule has 1 saturated carbocycles. The number of halogens is 2.